The van der Waals surface area contributed by atoms with Gasteiger partial charge in [-0.2, -0.15) is 0 Å². The van der Waals surface area contributed by atoms with Crippen molar-refractivity contribution in [1.82, 2.24) is 9.55 Å². The third-order valence-corrected chi connectivity index (χ3v) is 6.59. The molecule has 0 aliphatic heterocycles. The summed E-state index contributed by atoms with van der Waals surface area (Å²) in [6.45, 7) is 6.84. The quantitative estimate of drug-likeness (QED) is 0.898. The van der Waals surface area contributed by atoms with Gasteiger partial charge in [0, 0.05) is 24.7 Å². The molecule has 0 saturated heterocycles. The highest BCUT2D eigenvalue weighted by Crippen LogP contribution is 2.46. The molecule has 0 spiro atoms. The molecule has 0 bridgehead atoms. The van der Waals surface area contributed by atoms with Crippen molar-refractivity contribution in [1.29, 1.82) is 0 Å². The number of carboxylic acids is 1. The van der Waals surface area contributed by atoms with Gasteiger partial charge in [0.1, 0.15) is 0 Å². The highest BCUT2D eigenvalue weighted by Gasteiger charge is 2.40. The number of aromatic nitrogens is 2. The molecule has 5 heteroatoms. The van der Waals surface area contributed by atoms with Gasteiger partial charge in [0.05, 0.1) is 5.92 Å². The van der Waals surface area contributed by atoms with Crippen molar-refractivity contribution in [3.63, 3.8) is 0 Å². The summed E-state index contributed by atoms with van der Waals surface area (Å²) < 4.78 is 1.97. The van der Waals surface area contributed by atoms with Crippen molar-refractivity contribution in [2.24, 2.45) is 24.3 Å². The summed E-state index contributed by atoms with van der Waals surface area (Å²) in [4.78, 5) is 15.9. The maximum Gasteiger partial charge on any atom is 0.307 e. The van der Waals surface area contributed by atoms with Crippen LogP contribution in [0.2, 0.25) is 0 Å². The van der Waals surface area contributed by atoms with E-state index in [9.17, 15) is 9.90 Å². The van der Waals surface area contributed by atoms with E-state index in [0.717, 1.165) is 30.8 Å². The molecule has 1 fully saturated rings. The average molecular weight is 310 g/mol. The number of aliphatic carboxylic acids is 1. The summed E-state index contributed by atoms with van der Waals surface area (Å²) in [6.07, 6.45) is 7.59. The topological polar surface area (TPSA) is 55.1 Å². The predicted octanol–water partition coefficient (Wildman–Crippen LogP) is 3.82. The summed E-state index contributed by atoms with van der Waals surface area (Å²) in [5, 5.41) is 10.5. The van der Waals surface area contributed by atoms with Crippen LogP contribution in [0.1, 0.15) is 46.5 Å². The molecule has 4 nitrogen and oxygen atoms in total. The van der Waals surface area contributed by atoms with Crippen LogP contribution in [-0.2, 0) is 11.8 Å². The van der Waals surface area contributed by atoms with Crippen molar-refractivity contribution < 1.29 is 9.90 Å². The van der Waals surface area contributed by atoms with E-state index in [0.29, 0.717) is 5.92 Å². The van der Waals surface area contributed by atoms with Crippen LogP contribution in [0, 0.1) is 17.3 Å². The van der Waals surface area contributed by atoms with Crippen LogP contribution in [0.15, 0.2) is 17.6 Å². The van der Waals surface area contributed by atoms with E-state index in [1.165, 1.54) is 0 Å². The molecule has 3 unspecified atom stereocenters. The first-order valence-electron chi connectivity index (χ1n) is 7.72. The minimum Gasteiger partial charge on any atom is -0.481 e. The second-order valence-electron chi connectivity index (χ2n) is 6.77. The summed E-state index contributed by atoms with van der Waals surface area (Å²) in [5.41, 5.74) is 0.282. The van der Waals surface area contributed by atoms with Crippen molar-refractivity contribution in [2.75, 3.05) is 0 Å². The molecule has 0 aromatic carbocycles. The van der Waals surface area contributed by atoms with Crippen LogP contribution in [0.4, 0.5) is 0 Å². The number of thioether (sulfide) groups is 1. The summed E-state index contributed by atoms with van der Waals surface area (Å²) >= 11 is 1.64. The van der Waals surface area contributed by atoms with Crippen molar-refractivity contribution >= 4 is 17.7 Å². The van der Waals surface area contributed by atoms with Gasteiger partial charge in [0.25, 0.3) is 0 Å². The molecule has 1 aromatic rings. The maximum absolute atomic E-state index is 11.6. The van der Waals surface area contributed by atoms with E-state index in [2.05, 4.69) is 25.8 Å². The Hall–Kier alpha value is -0.970. The Bertz CT molecular complexity index is 498. The molecule has 21 heavy (non-hydrogen) atoms. The number of imidazole rings is 1. The first-order valence-corrected chi connectivity index (χ1v) is 8.60. The largest absolute Gasteiger partial charge is 0.481 e. The van der Waals surface area contributed by atoms with E-state index < -0.39 is 5.97 Å². The van der Waals surface area contributed by atoms with Crippen LogP contribution < -0.4 is 0 Å². The number of aryl methyl sites for hydroxylation is 1. The fraction of sp³-hybridized carbons (Fsp3) is 0.750. The van der Waals surface area contributed by atoms with E-state index in [1.54, 1.807) is 18.0 Å². The molecular formula is C16H26N2O2S. The molecule has 118 valence electrons. The summed E-state index contributed by atoms with van der Waals surface area (Å²) in [7, 11) is 1.96. The Morgan fingerprint density at radius 3 is 2.76 bits per heavy atom. The highest BCUT2D eigenvalue weighted by atomic mass is 32.2. The normalized spacial score (nSPS) is 26.8. The lowest BCUT2D eigenvalue weighted by Gasteiger charge is -2.41. The zero-order chi connectivity index (χ0) is 15.6. The van der Waals surface area contributed by atoms with Gasteiger partial charge < -0.3 is 9.67 Å². The second kappa shape index (κ2) is 6.42. The molecule has 1 saturated carbocycles. The zero-order valence-electron chi connectivity index (χ0n) is 13.4. The monoisotopic (exact) mass is 310 g/mol. The molecule has 1 heterocycles. The van der Waals surface area contributed by atoms with Crippen molar-refractivity contribution in [3.8, 4) is 0 Å². The molecule has 1 aliphatic rings. The molecule has 1 N–H and O–H groups in total. The molecule has 0 radical (unpaired) electrons. The predicted molar refractivity (Wildman–Crippen MR) is 85.4 cm³/mol. The fourth-order valence-electron chi connectivity index (χ4n) is 3.14. The third-order valence-electron chi connectivity index (χ3n) is 5.16. The molecular weight excluding hydrogens is 284 g/mol. The Balaban J connectivity index is 2.16. The van der Waals surface area contributed by atoms with Gasteiger partial charge in [-0.3, -0.25) is 4.79 Å². The minimum absolute atomic E-state index is 0.119. The maximum atomic E-state index is 11.6. The average Bonchev–Trinajstić information content (AvgIpc) is 2.84. The van der Waals surface area contributed by atoms with E-state index in [-0.39, 0.29) is 16.6 Å². The van der Waals surface area contributed by atoms with Gasteiger partial charge in [-0.05, 0) is 30.6 Å². The lowest BCUT2D eigenvalue weighted by Crippen LogP contribution is -2.38. The fourth-order valence-corrected chi connectivity index (χ4v) is 4.51. The van der Waals surface area contributed by atoms with Crippen molar-refractivity contribution in [2.45, 2.75) is 56.9 Å². The second-order valence-corrected chi connectivity index (χ2v) is 7.98. The van der Waals surface area contributed by atoms with Gasteiger partial charge in [0.2, 0.25) is 0 Å². The smallest absolute Gasteiger partial charge is 0.307 e. The molecule has 1 aromatic heterocycles. The van der Waals surface area contributed by atoms with Gasteiger partial charge in [-0.25, -0.2) is 4.98 Å². The minimum atomic E-state index is -0.658. The highest BCUT2D eigenvalue weighted by molar-refractivity contribution is 7.99. The van der Waals surface area contributed by atoms with Crippen LogP contribution in [-0.4, -0.2) is 25.9 Å². The molecule has 1 aliphatic carbocycles. The number of hydrogen-bond donors (Lipinski definition) is 1. The van der Waals surface area contributed by atoms with Gasteiger partial charge in [0.15, 0.2) is 5.16 Å². The number of carboxylic acid groups (broad SMARTS) is 1. The summed E-state index contributed by atoms with van der Waals surface area (Å²) in [6, 6.07) is 0. The number of hydrogen-bond acceptors (Lipinski definition) is 3. The molecule has 0 amide bonds. The third kappa shape index (κ3) is 3.62. The van der Waals surface area contributed by atoms with Gasteiger partial charge >= 0.3 is 5.97 Å². The molecule has 3 atom stereocenters. The Labute approximate surface area is 131 Å². The van der Waals surface area contributed by atoms with Crippen LogP contribution in [0.25, 0.3) is 0 Å². The van der Waals surface area contributed by atoms with Crippen LogP contribution >= 0.6 is 11.8 Å². The van der Waals surface area contributed by atoms with Crippen molar-refractivity contribution in [3.05, 3.63) is 12.4 Å². The number of nitrogens with zero attached hydrogens (tertiary/aromatic N) is 2. The van der Waals surface area contributed by atoms with E-state index >= 15 is 0 Å². The first-order chi connectivity index (χ1) is 9.85. The van der Waals surface area contributed by atoms with Gasteiger partial charge in [-0.15, -0.1) is 0 Å². The first kappa shape index (κ1) is 16.4. The van der Waals surface area contributed by atoms with Gasteiger partial charge in [-0.1, -0.05) is 39.0 Å². The SMILES string of the molecule is CCC(C)(C)C1CCC(C(=O)O)C(Sc2nccn2C)C1. The van der Waals surface area contributed by atoms with E-state index in [4.69, 9.17) is 0 Å². The van der Waals surface area contributed by atoms with Crippen LogP contribution in [0.3, 0.4) is 0 Å². The summed E-state index contributed by atoms with van der Waals surface area (Å²) in [5.74, 6) is -0.319. The Morgan fingerprint density at radius 2 is 2.24 bits per heavy atom. The Morgan fingerprint density at radius 1 is 1.52 bits per heavy atom. The van der Waals surface area contributed by atoms with Crippen LogP contribution in [0.5, 0.6) is 0 Å². The lowest BCUT2D eigenvalue weighted by molar-refractivity contribution is -0.143. The van der Waals surface area contributed by atoms with E-state index in [1.807, 2.05) is 17.8 Å². The molecule has 2 rings (SSSR count). The number of carbonyl (C=O) groups is 1. The standard InChI is InChI=1S/C16H26N2O2S/c1-5-16(2,3)11-6-7-12(14(19)20)13(10-11)21-15-17-8-9-18(15)4/h8-9,11-13H,5-7,10H2,1-4H3,(H,19,20). The number of rotatable bonds is 5. The lowest BCUT2D eigenvalue weighted by atomic mass is 9.67. The zero-order valence-corrected chi connectivity index (χ0v) is 14.2. The Kier molecular flexibility index (Phi) is 5.02.